The molecule has 0 saturated carbocycles. The fourth-order valence-corrected chi connectivity index (χ4v) is 1.88. The lowest BCUT2D eigenvalue weighted by Crippen LogP contribution is -2.21. The molecule has 0 amide bonds. The van der Waals surface area contributed by atoms with Crippen molar-refractivity contribution in [2.45, 2.75) is 13.5 Å². The van der Waals surface area contributed by atoms with Crippen molar-refractivity contribution >= 4 is 15.9 Å². The molecule has 0 radical (unpaired) electrons. The molecule has 0 saturated heterocycles. The van der Waals surface area contributed by atoms with E-state index in [1.807, 2.05) is 0 Å². The van der Waals surface area contributed by atoms with Crippen LogP contribution >= 0.6 is 15.9 Å². The van der Waals surface area contributed by atoms with Gasteiger partial charge in [0, 0.05) is 6.20 Å². The summed E-state index contributed by atoms with van der Waals surface area (Å²) >= 11 is 3.13. The highest BCUT2D eigenvalue weighted by atomic mass is 79.9. The van der Waals surface area contributed by atoms with Crippen LogP contribution in [0.15, 0.2) is 40.0 Å². The maximum atomic E-state index is 13.1. The lowest BCUT2D eigenvalue weighted by atomic mass is 10.1. The molecule has 3 nitrogen and oxygen atoms in total. The monoisotopic (exact) mass is 296 g/mol. The van der Waals surface area contributed by atoms with Gasteiger partial charge in [0.25, 0.3) is 5.56 Å². The van der Waals surface area contributed by atoms with E-state index in [4.69, 9.17) is 0 Å². The number of aryl methyl sites for hydroxylation is 1. The fraction of sp³-hybridized carbons (Fsp3) is 0.167. The Bertz CT molecular complexity index is 610. The van der Waals surface area contributed by atoms with Crippen LogP contribution in [0.3, 0.4) is 0 Å². The normalized spacial score (nSPS) is 10.5. The Balaban J connectivity index is 2.35. The Morgan fingerprint density at radius 3 is 2.94 bits per heavy atom. The predicted octanol–water partition coefficient (Wildman–Crippen LogP) is 2.50. The average molecular weight is 297 g/mol. The first kappa shape index (κ1) is 12.0. The lowest BCUT2D eigenvalue weighted by molar-refractivity contribution is 0.616. The molecule has 0 unspecified atom stereocenters. The van der Waals surface area contributed by atoms with E-state index in [1.165, 1.54) is 23.2 Å². The van der Waals surface area contributed by atoms with Crippen LogP contribution < -0.4 is 5.56 Å². The molecule has 2 aromatic rings. The average Bonchev–Trinajstić information content (AvgIpc) is 2.30. The molecule has 2 rings (SSSR count). The number of nitrogens with zero attached hydrogens (tertiary/aromatic N) is 2. The fourth-order valence-electron chi connectivity index (χ4n) is 1.54. The highest BCUT2D eigenvalue weighted by Crippen LogP contribution is 2.10. The first-order chi connectivity index (χ1) is 8.08. The Morgan fingerprint density at radius 1 is 1.47 bits per heavy atom. The molecule has 88 valence electrons. The van der Waals surface area contributed by atoms with Gasteiger partial charge in [0.15, 0.2) is 0 Å². The molecular formula is C12H10BrFN2O. The predicted molar refractivity (Wildman–Crippen MR) is 66.4 cm³/mol. The zero-order valence-electron chi connectivity index (χ0n) is 9.15. The van der Waals surface area contributed by atoms with E-state index in [0.29, 0.717) is 16.6 Å². The van der Waals surface area contributed by atoms with E-state index in [0.717, 1.165) is 5.56 Å². The highest BCUT2D eigenvalue weighted by molar-refractivity contribution is 9.10. The van der Waals surface area contributed by atoms with Crippen molar-refractivity contribution in [2.75, 3.05) is 0 Å². The van der Waals surface area contributed by atoms with E-state index in [2.05, 4.69) is 20.9 Å². The zero-order chi connectivity index (χ0) is 12.4. The van der Waals surface area contributed by atoms with Gasteiger partial charge in [-0.25, -0.2) is 9.37 Å². The minimum atomic E-state index is -0.242. The van der Waals surface area contributed by atoms with Gasteiger partial charge < -0.3 is 0 Å². The van der Waals surface area contributed by atoms with Gasteiger partial charge in [-0.3, -0.25) is 9.36 Å². The van der Waals surface area contributed by atoms with Gasteiger partial charge in [-0.15, -0.1) is 0 Å². The van der Waals surface area contributed by atoms with Crippen LogP contribution in [0.2, 0.25) is 0 Å². The molecule has 0 spiro atoms. The van der Waals surface area contributed by atoms with Crippen LogP contribution in [0.4, 0.5) is 4.39 Å². The van der Waals surface area contributed by atoms with Gasteiger partial charge in [0.1, 0.15) is 10.3 Å². The molecule has 0 aliphatic carbocycles. The Morgan fingerprint density at radius 2 is 2.24 bits per heavy atom. The van der Waals surface area contributed by atoms with E-state index in [-0.39, 0.29) is 11.4 Å². The SMILES string of the molecule is Cc1cc(Cn2cncc(Br)c2=O)ccc1F. The molecule has 0 atom stereocenters. The van der Waals surface area contributed by atoms with Crippen molar-refractivity contribution in [3.8, 4) is 0 Å². The van der Waals surface area contributed by atoms with Gasteiger partial charge in [-0.1, -0.05) is 12.1 Å². The van der Waals surface area contributed by atoms with Crippen LogP contribution in [-0.2, 0) is 6.54 Å². The zero-order valence-corrected chi connectivity index (χ0v) is 10.7. The molecule has 1 heterocycles. The quantitative estimate of drug-likeness (QED) is 0.853. The second-order valence-corrected chi connectivity index (χ2v) is 4.61. The molecule has 0 bridgehead atoms. The number of benzene rings is 1. The molecular weight excluding hydrogens is 287 g/mol. The van der Waals surface area contributed by atoms with Crippen LogP contribution in [0.1, 0.15) is 11.1 Å². The second-order valence-electron chi connectivity index (χ2n) is 3.76. The third-order valence-electron chi connectivity index (χ3n) is 2.43. The molecule has 0 fully saturated rings. The third kappa shape index (κ3) is 2.61. The molecule has 0 aliphatic heterocycles. The summed E-state index contributed by atoms with van der Waals surface area (Å²) in [7, 11) is 0. The summed E-state index contributed by atoms with van der Waals surface area (Å²) in [5.74, 6) is -0.242. The summed E-state index contributed by atoms with van der Waals surface area (Å²) in [6.07, 6.45) is 2.92. The van der Waals surface area contributed by atoms with E-state index < -0.39 is 0 Å². The lowest BCUT2D eigenvalue weighted by Gasteiger charge is -2.06. The number of rotatable bonds is 2. The van der Waals surface area contributed by atoms with Crippen molar-refractivity contribution in [3.63, 3.8) is 0 Å². The smallest absolute Gasteiger partial charge is 0.267 e. The van der Waals surface area contributed by atoms with Crippen molar-refractivity contribution in [3.05, 3.63) is 62.5 Å². The van der Waals surface area contributed by atoms with Crippen molar-refractivity contribution in [1.29, 1.82) is 0 Å². The topological polar surface area (TPSA) is 34.9 Å². The molecule has 0 aliphatic rings. The maximum Gasteiger partial charge on any atom is 0.267 e. The Kier molecular flexibility index (Phi) is 3.38. The van der Waals surface area contributed by atoms with Gasteiger partial charge in [0.2, 0.25) is 0 Å². The second kappa shape index (κ2) is 4.79. The summed E-state index contributed by atoms with van der Waals surface area (Å²) in [4.78, 5) is 15.7. The first-order valence-electron chi connectivity index (χ1n) is 5.03. The third-order valence-corrected chi connectivity index (χ3v) is 2.98. The number of halogens is 2. The van der Waals surface area contributed by atoms with Crippen LogP contribution in [0.25, 0.3) is 0 Å². The molecule has 5 heteroatoms. The number of hydrogen-bond acceptors (Lipinski definition) is 2. The summed E-state index contributed by atoms with van der Waals surface area (Å²) in [5, 5.41) is 0. The van der Waals surface area contributed by atoms with Gasteiger partial charge >= 0.3 is 0 Å². The standard InChI is InChI=1S/C12H10BrFN2O/c1-8-4-9(2-3-11(8)14)6-16-7-15-5-10(13)12(16)17/h2-5,7H,6H2,1H3. The van der Waals surface area contributed by atoms with Crippen LogP contribution in [-0.4, -0.2) is 9.55 Å². The van der Waals surface area contributed by atoms with Gasteiger partial charge in [-0.2, -0.15) is 0 Å². The van der Waals surface area contributed by atoms with Crippen LogP contribution in [0.5, 0.6) is 0 Å². The summed E-state index contributed by atoms with van der Waals surface area (Å²) in [5.41, 5.74) is 1.28. The molecule has 1 aromatic heterocycles. The summed E-state index contributed by atoms with van der Waals surface area (Å²) in [6.45, 7) is 2.08. The Hall–Kier alpha value is -1.49. The van der Waals surface area contributed by atoms with E-state index in [1.54, 1.807) is 19.1 Å². The molecule has 1 aromatic carbocycles. The van der Waals surface area contributed by atoms with Crippen LogP contribution in [0, 0.1) is 12.7 Å². The highest BCUT2D eigenvalue weighted by Gasteiger charge is 2.03. The van der Waals surface area contributed by atoms with E-state index in [9.17, 15) is 9.18 Å². The summed E-state index contributed by atoms with van der Waals surface area (Å²) < 4.78 is 15.0. The van der Waals surface area contributed by atoms with Gasteiger partial charge in [0.05, 0.1) is 12.9 Å². The first-order valence-corrected chi connectivity index (χ1v) is 5.82. The van der Waals surface area contributed by atoms with Crippen molar-refractivity contribution in [2.24, 2.45) is 0 Å². The maximum absolute atomic E-state index is 13.1. The van der Waals surface area contributed by atoms with E-state index >= 15 is 0 Å². The minimum absolute atomic E-state index is 0.151. The van der Waals surface area contributed by atoms with Crippen molar-refractivity contribution in [1.82, 2.24) is 9.55 Å². The van der Waals surface area contributed by atoms with Crippen molar-refractivity contribution < 1.29 is 4.39 Å². The number of hydrogen-bond donors (Lipinski definition) is 0. The molecule has 17 heavy (non-hydrogen) atoms. The van der Waals surface area contributed by atoms with Gasteiger partial charge in [-0.05, 0) is 40.0 Å². The minimum Gasteiger partial charge on any atom is -0.294 e. The number of aromatic nitrogens is 2. The summed E-state index contributed by atoms with van der Waals surface area (Å²) in [6, 6.07) is 4.79. The molecule has 0 N–H and O–H groups in total. The largest absolute Gasteiger partial charge is 0.294 e. The Labute approximate surface area is 106 Å².